The van der Waals surface area contributed by atoms with E-state index >= 15 is 0 Å². The second-order valence-electron chi connectivity index (χ2n) is 5.68. The van der Waals surface area contributed by atoms with Crippen molar-refractivity contribution in [2.75, 3.05) is 0 Å². The van der Waals surface area contributed by atoms with E-state index < -0.39 is 5.97 Å². The lowest BCUT2D eigenvalue weighted by Gasteiger charge is -2.18. The number of nitrogens with one attached hydrogen (secondary N) is 1. The molecule has 0 radical (unpaired) electrons. The summed E-state index contributed by atoms with van der Waals surface area (Å²) in [5.41, 5.74) is 5.14. The number of aromatic carboxylic acids is 1. The van der Waals surface area contributed by atoms with E-state index in [1.165, 1.54) is 6.07 Å². The highest BCUT2D eigenvalue weighted by molar-refractivity contribution is 5.96. The van der Waals surface area contributed by atoms with Gasteiger partial charge in [-0.05, 0) is 48.2 Å². The largest absolute Gasteiger partial charge is 0.507 e. The van der Waals surface area contributed by atoms with Gasteiger partial charge in [-0.15, -0.1) is 0 Å². The third-order valence-electron chi connectivity index (χ3n) is 4.40. The molecule has 0 amide bonds. The van der Waals surface area contributed by atoms with Crippen molar-refractivity contribution >= 4 is 16.9 Å². The average molecular weight is 304 g/mol. The van der Waals surface area contributed by atoms with Crippen LogP contribution in [0.25, 0.3) is 22.2 Å². The highest BCUT2D eigenvalue weighted by Gasteiger charge is 2.23. The number of aromatic hydroxyl groups is 1. The van der Waals surface area contributed by atoms with Crippen LogP contribution in [0.15, 0.2) is 30.3 Å². The van der Waals surface area contributed by atoms with Crippen LogP contribution >= 0.6 is 0 Å². The van der Waals surface area contributed by atoms with Gasteiger partial charge in [-0.3, -0.25) is 0 Å². The zero-order valence-electron chi connectivity index (χ0n) is 12.1. The van der Waals surface area contributed by atoms with E-state index in [2.05, 4.69) is 11.1 Å². The lowest BCUT2D eigenvalue weighted by Crippen LogP contribution is -2.06. The monoisotopic (exact) mass is 304 g/mol. The Bertz CT molecular complexity index is 1020. The van der Waals surface area contributed by atoms with Crippen LogP contribution in [-0.4, -0.2) is 21.2 Å². The number of nitriles is 1. The first kappa shape index (κ1) is 13.4. The van der Waals surface area contributed by atoms with Crippen molar-refractivity contribution in [3.63, 3.8) is 0 Å². The Labute approximate surface area is 131 Å². The molecule has 4 rings (SSSR count). The van der Waals surface area contributed by atoms with Crippen molar-refractivity contribution in [2.24, 2.45) is 0 Å². The molecule has 112 valence electrons. The Morgan fingerprint density at radius 1 is 1.22 bits per heavy atom. The standard InChI is InChI=1S/C18H12N2O3/c19-8-9-1-3-11-12-4-2-10-6-14(18(22)23)16(21)7-13(10)17(12)20-15(11)5-9/h1,3,5-7,20-21H,2,4H2,(H,22,23). The molecule has 23 heavy (non-hydrogen) atoms. The molecule has 0 spiro atoms. The number of carbonyl (C=O) groups is 1. The summed E-state index contributed by atoms with van der Waals surface area (Å²) in [4.78, 5) is 14.5. The number of hydrogen-bond acceptors (Lipinski definition) is 3. The minimum absolute atomic E-state index is 0.0740. The highest BCUT2D eigenvalue weighted by Crippen LogP contribution is 2.40. The predicted molar refractivity (Wildman–Crippen MR) is 84.5 cm³/mol. The van der Waals surface area contributed by atoms with Crippen molar-refractivity contribution in [3.8, 4) is 23.1 Å². The summed E-state index contributed by atoms with van der Waals surface area (Å²) in [7, 11) is 0. The first-order valence-corrected chi connectivity index (χ1v) is 7.22. The van der Waals surface area contributed by atoms with E-state index in [1.54, 1.807) is 18.2 Å². The Morgan fingerprint density at radius 3 is 2.78 bits per heavy atom. The lowest BCUT2D eigenvalue weighted by molar-refractivity contribution is 0.0693. The van der Waals surface area contributed by atoms with Crippen LogP contribution in [-0.2, 0) is 12.8 Å². The van der Waals surface area contributed by atoms with Crippen LogP contribution in [0.4, 0.5) is 0 Å². The van der Waals surface area contributed by atoms with Crippen molar-refractivity contribution in [1.29, 1.82) is 5.26 Å². The lowest BCUT2D eigenvalue weighted by atomic mass is 9.87. The fourth-order valence-electron chi connectivity index (χ4n) is 3.32. The number of aromatic amines is 1. The SMILES string of the molecule is N#Cc1ccc2c3c([nH]c2c1)-c1cc(O)c(C(=O)O)cc1CC3. The molecule has 0 unspecified atom stereocenters. The molecule has 1 aliphatic carbocycles. The van der Waals surface area contributed by atoms with Crippen LogP contribution in [0.2, 0.25) is 0 Å². The molecule has 0 atom stereocenters. The zero-order chi connectivity index (χ0) is 16.1. The molecule has 0 bridgehead atoms. The van der Waals surface area contributed by atoms with E-state index in [1.807, 2.05) is 6.07 Å². The fourth-order valence-corrected chi connectivity index (χ4v) is 3.32. The Balaban J connectivity index is 1.98. The Morgan fingerprint density at radius 2 is 2.04 bits per heavy atom. The van der Waals surface area contributed by atoms with Gasteiger partial charge in [-0.2, -0.15) is 5.26 Å². The molecule has 1 aromatic heterocycles. The second-order valence-corrected chi connectivity index (χ2v) is 5.68. The molecule has 5 nitrogen and oxygen atoms in total. The molecule has 0 aliphatic heterocycles. The number of rotatable bonds is 1. The summed E-state index contributed by atoms with van der Waals surface area (Å²) < 4.78 is 0. The molecule has 0 saturated carbocycles. The maximum absolute atomic E-state index is 11.2. The molecule has 5 heteroatoms. The van der Waals surface area contributed by atoms with Gasteiger partial charge in [0.1, 0.15) is 11.3 Å². The normalized spacial score (nSPS) is 12.5. The quantitative estimate of drug-likeness (QED) is 0.643. The number of aromatic nitrogens is 1. The van der Waals surface area contributed by atoms with Gasteiger partial charge in [0.15, 0.2) is 0 Å². The van der Waals surface area contributed by atoms with E-state index in [9.17, 15) is 9.90 Å². The first-order valence-electron chi connectivity index (χ1n) is 7.22. The smallest absolute Gasteiger partial charge is 0.339 e. The van der Waals surface area contributed by atoms with E-state index in [4.69, 9.17) is 10.4 Å². The van der Waals surface area contributed by atoms with Gasteiger partial charge in [-0.1, -0.05) is 6.07 Å². The molecule has 1 aliphatic rings. The third-order valence-corrected chi connectivity index (χ3v) is 4.40. The van der Waals surface area contributed by atoms with Crippen molar-refractivity contribution < 1.29 is 15.0 Å². The topological polar surface area (TPSA) is 97.1 Å². The number of fused-ring (bicyclic) bond motifs is 5. The maximum atomic E-state index is 11.2. The first-order chi connectivity index (χ1) is 11.1. The minimum atomic E-state index is -1.13. The fraction of sp³-hybridized carbons (Fsp3) is 0.111. The second kappa shape index (κ2) is 4.62. The maximum Gasteiger partial charge on any atom is 0.339 e. The molecule has 0 fully saturated rings. The van der Waals surface area contributed by atoms with Gasteiger partial charge in [0, 0.05) is 16.5 Å². The van der Waals surface area contributed by atoms with Crippen molar-refractivity contribution in [2.45, 2.75) is 12.8 Å². The summed E-state index contributed by atoms with van der Waals surface area (Å²) in [6, 6.07) is 10.7. The number of carboxylic acid groups (broad SMARTS) is 1. The van der Waals surface area contributed by atoms with Crippen LogP contribution in [0.3, 0.4) is 0 Å². The summed E-state index contributed by atoms with van der Waals surface area (Å²) in [6.45, 7) is 0. The van der Waals surface area contributed by atoms with Crippen LogP contribution in [0, 0.1) is 11.3 Å². The predicted octanol–water partition coefficient (Wildman–Crippen LogP) is 3.21. The van der Waals surface area contributed by atoms with E-state index in [-0.39, 0.29) is 11.3 Å². The minimum Gasteiger partial charge on any atom is -0.507 e. The Hall–Kier alpha value is -3.26. The molecule has 1 heterocycles. The molecule has 0 saturated heterocycles. The molecule has 3 N–H and O–H groups in total. The van der Waals surface area contributed by atoms with E-state index in [0.717, 1.165) is 46.1 Å². The molecule has 2 aromatic carbocycles. The molecular weight excluding hydrogens is 292 g/mol. The number of nitrogens with zero attached hydrogens (tertiary/aromatic N) is 1. The number of H-pyrrole nitrogens is 1. The third kappa shape index (κ3) is 1.89. The van der Waals surface area contributed by atoms with Crippen LogP contribution in [0.1, 0.15) is 27.0 Å². The zero-order valence-corrected chi connectivity index (χ0v) is 12.1. The number of phenols is 1. The molecule has 3 aromatic rings. The number of hydrogen-bond donors (Lipinski definition) is 3. The van der Waals surface area contributed by atoms with Crippen LogP contribution in [0.5, 0.6) is 5.75 Å². The highest BCUT2D eigenvalue weighted by atomic mass is 16.4. The summed E-state index contributed by atoms with van der Waals surface area (Å²) in [6.07, 6.45) is 1.51. The van der Waals surface area contributed by atoms with Crippen LogP contribution < -0.4 is 0 Å². The van der Waals surface area contributed by atoms with E-state index in [0.29, 0.717) is 5.56 Å². The number of aryl methyl sites for hydroxylation is 2. The van der Waals surface area contributed by atoms with Gasteiger partial charge in [0.25, 0.3) is 0 Å². The van der Waals surface area contributed by atoms with Gasteiger partial charge in [0.2, 0.25) is 0 Å². The summed E-state index contributed by atoms with van der Waals surface area (Å²) in [5, 5.41) is 29.2. The van der Waals surface area contributed by atoms with Crippen molar-refractivity contribution in [3.05, 3.63) is 52.6 Å². The number of carboxylic acids is 1. The summed E-state index contributed by atoms with van der Waals surface area (Å²) in [5.74, 6) is -1.37. The van der Waals surface area contributed by atoms with Crippen molar-refractivity contribution in [1.82, 2.24) is 4.98 Å². The molecular formula is C18H12N2O3. The van der Waals surface area contributed by atoms with Gasteiger partial charge < -0.3 is 15.2 Å². The summed E-state index contributed by atoms with van der Waals surface area (Å²) >= 11 is 0. The van der Waals surface area contributed by atoms with Gasteiger partial charge in [0.05, 0.1) is 17.3 Å². The number of benzene rings is 2. The average Bonchev–Trinajstić information content (AvgIpc) is 2.92. The van der Waals surface area contributed by atoms with Gasteiger partial charge >= 0.3 is 5.97 Å². The van der Waals surface area contributed by atoms with Gasteiger partial charge in [-0.25, -0.2) is 4.79 Å². The Kier molecular flexibility index (Phi) is 2.69.